The van der Waals surface area contributed by atoms with Gasteiger partial charge in [-0.15, -0.1) is 0 Å². The van der Waals surface area contributed by atoms with Gasteiger partial charge in [-0.25, -0.2) is 0 Å². The smallest absolute Gasteiger partial charge is 0.262 e. The van der Waals surface area contributed by atoms with E-state index in [1.807, 2.05) is 6.92 Å². The standard InChI is InChI=1S/C5H8N2O/c1-4-2-6-3-5(8)7-4/h3-4H,2H2,1H3,(H,7,8). The highest BCUT2D eigenvalue weighted by Gasteiger charge is 2.07. The summed E-state index contributed by atoms with van der Waals surface area (Å²) in [6.07, 6.45) is 1.32. The quantitative estimate of drug-likeness (QED) is 0.454. The summed E-state index contributed by atoms with van der Waals surface area (Å²) in [6, 6.07) is 0.215. The van der Waals surface area contributed by atoms with Crippen molar-refractivity contribution < 1.29 is 4.79 Å². The molecule has 0 saturated carbocycles. The van der Waals surface area contributed by atoms with Crippen LogP contribution in [0.1, 0.15) is 6.92 Å². The molecule has 0 fully saturated rings. The first kappa shape index (κ1) is 5.28. The minimum atomic E-state index is -0.0799. The molecule has 1 heterocycles. The third kappa shape index (κ3) is 1.05. The summed E-state index contributed by atoms with van der Waals surface area (Å²) in [5, 5.41) is 2.69. The van der Waals surface area contributed by atoms with Crippen molar-refractivity contribution in [2.75, 3.05) is 6.54 Å². The molecule has 0 aromatic carbocycles. The van der Waals surface area contributed by atoms with Crippen LogP contribution in [0.4, 0.5) is 0 Å². The summed E-state index contributed by atoms with van der Waals surface area (Å²) in [6.45, 7) is 2.64. The second-order valence-electron chi connectivity index (χ2n) is 1.90. The van der Waals surface area contributed by atoms with Gasteiger partial charge in [0.25, 0.3) is 5.91 Å². The Balaban J connectivity index is 2.54. The van der Waals surface area contributed by atoms with E-state index in [1.165, 1.54) is 6.21 Å². The second-order valence-corrected chi connectivity index (χ2v) is 1.90. The summed E-state index contributed by atoms with van der Waals surface area (Å²) < 4.78 is 0. The van der Waals surface area contributed by atoms with E-state index < -0.39 is 0 Å². The summed E-state index contributed by atoms with van der Waals surface area (Å²) in [5.74, 6) is -0.0799. The summed E-state index contributed by atoms with van der Waals surface area (Å²) in [4.78, 5) is 14.2. The molecule has 8 heavy (non-hydrogen) atoms. The number of carbonyl (C=O) groups is 1. The van der Waals surface area contributed by atoms with E-state index in [2.05, 4.69) is 10.3 Å². The number of hydrogen-bond donors (Lipinski definition) is 1. The van der Waals surface area contributed by atoms with Crippen molar-refractivity contribution in [1.82, 2.24) is 5.32 Å². The average molecular weight is 112 g/mol. The fraction of sp³-hybridized carbons (Fsp3) is 0.600. The summed E-state index contributed by atoms with van der Waals surface area (Å²) in [5.41, 5.74) is 0. The van der Waals surface area contributed by atoms with E-state index in [9.17, 15) is 4.79 Å². The third-order valence-corrected chi connectivity index (χ3v) is 0.976. The van der Waals surface area contributed by atoms with Gasteiger partial charge in [0.15, 0.2) is 0 Å². The Kier molecular flexibility index (Phi) is 1.28. The molecule has 3 nitrogen and oxygen atoms in total. The number of carbonyl (C=O) groups excluding carboxylic acids is 1. The lowest BCUT2D eigenvalue weighted by Crippen LogP contribution is -2.38. The zero-order valence-electron chi connectivity index (χ0n) is 4.72. The minimum Gasteiger partial charge on any atom is -0.347 e. The molecule has 3 heteroatoms. The molecule has 1 amide bonds. The lowest BCUT2D eigenvalue weighted by Gasteiger charge is -2.12. The third-order valence-electron chi connectivity index (χ3n) is 0.976. The molecule has 44 valence electrons. The van der Waals surface area contributed by atoms with Gasteiger partial charge < -0.3 is 5.32 Å². The van der Waals surface area contributed by atoms with E-state index in [1.54, 1.807) is 0 Å². The Labute approximate surface area is 47.8 Å². The molecule has 0 radical (unpaired) electrons. The summed E-state index contributed by atoms with van der Waals surface area (Å²) >= 11 is 0. The van der Waals surface area contributed by atoms with E-state index in [0.29, 0.717) is 6.54 Å². The van der Waals surface area contributed by atoms with Gasteiger partial charge in [-0.05, 0) is 6.92 Å². The van der Waals surface area contributed by atoms with Gasteiger partial charge in [0.1, 0.15) is 0 Å². The molecule has 0 aromatic rings. The number of amides is 1. The summed E-state index contributed by atoms with van der Waals surface area (Å²) in [7, 11) is 0. The molecule has 1 atom stereocenters. The topological polar surface area (TPSA) is 41.5 Å². The van der Waals surface area contributed by atoms with Crippen LogP contribution in [-0.4, -0.2) is 24.7 Å². The van der Waals surface area contributed by atoms with Gasteiger partial charge in [0, 0.05) is 6.04 Å². The first-order valence-electron chi connectivity index (χ1n) is 2.59. The molecule has 0 bridgehead atoms. The fourth-order valence-corrected chi connectivity index (χ4v) is 0.619. The van der Waals surface area contributed by atoms with Crippen molar-refractivity contribution in [2.24, 2.45) is 4.99 Å². The van der Waals surface area contributed by atoms with Crippen LogP contribution < -0.4 is 5.32 Å². The fourth-order valence-electron chi connectivity index (χ4n) is 0.619. The zero-order chi connectivity index (χ0) is 5.98. The molecule has 1 aliphatic heterocycles. The molecular weight excluding hydrogens is 104 g/mol. The highest BCUT2D eigenvalue weighted by atomic mass is 16.1. The molecule has 0 spiro atoms. The van der Waals surface area contributed by atoms with Crippen LogP contribution in [0.2, 0.25) is 0 Å². The van der Waals surface area contributed by atoms with Gasteiger partial charge in [-0.3, -0.25) is 9.79 Å². The monoisotopic (exact) mass is 112 g/mol. The highest BCUT2D eigenvalue weighted by molar-refractivity contribution is 6.26. The van der Waals surface area contributed by atoms with Gasteiger partial charge >= 0.3 is 0 Å². The molecule has 0 aromatic heterocycles. The first-order chi connectivity index (χ1) is 3.79. The normalized spacial score (nSPS) is 27.6. The number of nitrogens with zero attached hydrogens (tertiary/aromatic N) is 1. The van der Waals surface area contributed by atoms with Crippen molar-refractivity contribution in [3.8, 4) is 0 Å². The Morgan fingerprint density at radius 3 is 3.12 bits per heavy atom. The number of hydrogen-bond acceptors (Lipinski definition) is 2. The Bertz CT molecular complexity index is 130. The maximum absolute atomic E-state index is 10.4. The van der Waals surface area contributed by atoms with Crippen LogP contribution in [0, 0.1) is 0 Å². The first-order valence-corrected chi connectivity index (χ1v) is 2.59. The maximum atomic E-state index is 10.4. The second kappa shape index (κ2) is 1.94. The van der Waals surface area contributed by atoms with Crippen molar-refractivity contribution >= 4 is 12.1 Å². The lowest BCUT2D eigenvalue weighted by molar-refractivity contribution is -0.115. The van der Waals surface area contributed by atoms with Crippen LogP contribution in [0.25, 0.3) is 0 Å². The highest BCUT2D eigenvalue weighted by Crippen LogP contribution is 1.86. The molecular formula is C5H8N2O. The van der Waals surface area contributed by atoms with E-state index >= 15 is 0 Å². The predicted molar refractivity (Wildman–Crippen MR) is 31.0 cm³/mol. The van der Waals surface area contributed by atoms with Crippen molar-refractivity contribution in [3.05, 3.63) is 0 Å². The number of aliphatic imine (C=N–C) groups is 1. The average Bonchev–Trinajstić information content (AvgIpc) is 1.64. The maximum Gasteiger partial charge on any atom is 0.262 e. The molecule has 0 saturated heterocycles. The van der Waals surface area contributed by atoms with E-state index in [-0.39, 0.29) is 11.9 Å². The molecule has 1 unspecified atom stereocenters. The van der Waals surface area contributed by atoms with Crippen molar-refractivity contribution in [2.45, 2.75) is 13.0 Å². The molecule has 1 aliphatic rings. The number of nitrogens with one attached hydrogen (secondary N) is 1. The van der Waals surface area contributed by atoms with E-state index in [4.69, 9.17) is 0 Å². The SMILES string of the molecule is CC1CN=CC(=O)N1. The van der Waals surface area contributed by atoms with Gasteiger partial charge in [-0.1, -0.05) is 0 Å². The van der Waals surface area contributed by atoms with Crippen LogP contribution in [-0.2, 0) is 4.79 Å². The predicted octanol–water partition coefficient (Wildman–Crippen LogP) is -0.425. The Hall–Kier alpha value is -0.860. The molecule has 1 N–H and O–H groups in total. The zero-order valence-corrected chi connectivity index (χ0v) is 4.72. The Morgan fingerprint density at radius 1 is 2.00 bits per heavy atom. The number of rotatable bonds is 0. The lowest BCUT2D eigenvalue weighted by atomic mass is 10.3. The van der Waals surface area contributed by atoms with Crippen LogP contribution >= 0.6 is 0 Å². The van der Waals surface area contributed by atoms with Gasteiger partial charge in [0.05, 0.1) is 12.8 Å². The van der Waals surface area contributed by atoms with Crippen LogP contribution in [0.3, 0.4) is 0 Å². The largest absolute Gasteiger partial charge is 0.347 e. The minimum absolute atomic E-state index is 0.0799. The van der Waals surface area contributed by atoms with Crippen LogP contribution in [0.5, 0.6) is 0 Å². The van der Waals surface area contributed by atoms with E-state index in [0.717, 1.165) is 0 Å². The van der Waals surface area contributed by atoms with Gasteiger partial charge in [0.2, 0.25) is 0 Å². The van der Waals surface area contributed by atoms with Crippen molar-refractivity contribution in [3.63, 3.8) is 0 Å². The Morgan fingerprint density at radius 2 is 2.75 bits per heavy atom. The van der Waals surface area contributed by atoms with Crippen molar-refractivity contribution in [1.29, 1.82) is 0 Å². The van der Waals surface area contributed by atoms with Crippen LogP contribution in [0.15, 0.2) is 4.99 Å². The molecule has 1 rings (SSSR count). The van der Waals surface area contributed by atoms with Gasteiger partial charge in [-0.2, -0.15) is 0 Å². The molecule has 0 aliphatic carbocycles.